The summed E-state index contributed by atoms with van der Waals surface area (Å²) < 4.78 is 35.7. The maximum Gasteiger partial charge on any atom is 0.316 e. The monoisotopic (exact) mass is 474 g/mol. The fourth-order valence-corrected chi connectivity index (χ4v) is 4.86. The first-order valence-corrected chi connectivity index (χ1v) is 12.3. The molecule has 1 amide bonds. The number of sulfonamides is 1. The third kappa shape index (κ3) is 7.46. The van der Waals surface area contributed by atoms with Crippen molar-refractivity contribution in [2.75, 3.05) is 42.4 Å². The van der Waals surface area contributed by atoms with Crippen molar-refractivity contribution in [2.45, 2.75) is 17.2 Å². The molecule has 0 radical (unpaired) electrons. The number of hydrogen-bond acceptors (Lipinski definition) is 10. The molecular formula is C17H22N4O6S3. The van der Waals surface area contributed by atoms with E-state index in [9.17, 15) is 18.0 Å². The Balaban J connectivity index is 1.87. The van der Waals surface area contributed by atoms with Gasteiger partial charge in [-0.15, -0.1) is 10.2 Å². The predicted octanol–water partition coefficient (Wildman–Crippen LogP) is 2.00. The highest BCUT2D eigenvalue weighted by atomic mass is 32.2. The van der Waals surface area contributed by atoms with E-state index in [4.69, 9.17) is 4.74 Å². The molecule has 10 nitrogen and oxygen atoms in total. The van der Waals surface area contributed by atoms with E-state index in [1.54, 1.807) is 24.3 Å². The Morgan fingerprint density at radius 1 is 1.20 bits per heavy atom. The Morgan fingerprint density at radius 3 is 2.50 bits per heavy atom. The van der Waals surface area contributed by atoms with Crippen molar-refractivity contribution in [3.63, 3.8) is 0 Å². The number of anilines is 2. The van der Waals surface area contributed by atoms with Gasteiger partial charge in [-0.1, -0.05) is 23.1 Å². The molecule has 2 aromatic rings. The van der Waals surface area contributed by atoms with Crippen molar-refractivity contribution in [3.8, 4) is 5.75 Å². The number of carbonyl (C=O) groups excluding carboxylic acids is 2. The summed E-state index contributed by atoms with van der Waals surface area (Å²) in [7, 11) is -0.678. The molecule has 0 aliphatic heterocycles. The van der Waals surface area contributed by atoms with Crippen LogP contribution in [0.4, 0.5) is 10.8 Å². The third-order valence-corrected chi connectivity index (χ3v) is 6.86. The zero-order valence-corrected chi connectivity index (χ0v) is 19.1. The average molecular weight is 475 g/mol. The Hall–Kier alpha value is -2.38. The molecule has 164 valence electrons. The molecule has 2 rings (SSSR count). The van der Waals surface area contributed by atoms with Crippen molar-refractivity contribution in [1.82, 2.24) is 10.2 Å². The lowest BCUT2D eigenvalue weighted by Crippen LogP contribution is -2.31. The number of hydrogen-bond donors (Lipinski definition) is 1. The number of benzene rings is 1. The van der Waals surface area contributed by atoms with E-state index in [2.05, 4.69) is 20.3 Å². The van der Waals surface area contributed by atoms with Crippen LogP contribution < -0.4 is 14.4 Å². The van der Waals surface area contributed by atoms with Gasteiger partial charge in [0.1, 0.15) is 5.75 Å². The first-order valence-electron chi connectivity index (χ1n) is 8.67. The normalized spacial score (nSPS) is 11.0. The lowest BCUT2D eigenvalue weighted by atomic mass is 10.2. The number of amides is 1. The predicted molar refractivity (Wildman–Crippen MR) is 116 cm³/mol. The lowest BCUT2D eigenvalue weighted by molar-refractivity contribution is -0.137. The zero-order chi connectivity index (χ0) is 22.1. The minimum atomic E-state index is -3.51. The van der Waals surface area contributed by atoms with Crippen LogP contribution in [0.1, 0.15) is 12.8 Å². The molecule has 0 saturated carbocycles. The van der Waals surface area contributed by atoms with Crippen LogP contribution in [0.3, 0.4) is 0 Å². The summed E-state index contributed by atoms with van der Waals surface area (Å²) in [5, 5.41) is 10.7. The second-order valence-corrected chi connectivity index (χ2v) is 10.0. The van der Waals surface area contributed by atoms with Crippen LogP contribution in [0.5, 0.6) is 5.75 Å². The molecule has 0 atom stereocenters. The Morgan fingerprint density at radius 2 is 1.90 bits per heavy atom. The first-order chi connectivity index (χ1) is 14.2. The SMILES string of the molecule is COC(=O)CSc1nnc(NC(=O)CCCN(c2ccc(OC)cc2)S(C)(=O)=O)s1. The Bertz CT molecular complexity index is 962. The van der Waals surface area contributed by atoms with E-state index in [0.29, 0.717) is 27.3 Å². The smallest absolute Gasteiger partial charge is 0.316 e. The number of thioether (sulfide) groups is 1. The molecule has 1 N–H and O–H groups in total. The zero-order valence-electron chi connectivity index (χ0n) is 16.7. The molecule has 0 spiro atoms. The van der Waals surface area contributed by atoms with Gasteiger partial charge < -0.3 is 14.8 Å². The van der Waals surface area contributed by atoms with Gasteiger partial charge in [-0.05, 0) is 30.7 Å². The average Bonchev–Trinajstić information content (AvgIpc) is 3.15. The number of nitrogens with zero attached hydrogens (tertiary/aromatic N) is 3. The van der Waals surface area contributed by atoms with E-state index in [-0.39, 0.29) is 30.6 Å². The summed E-state index contributed by atoms with van der Waals surface area (Å²) >= 11 is 2.30. The molecule has 1 aromatic heterocycles. The van der Waals surface area contributed by atoms with E-state index >= 15 is 0 Å². The number of carbonyl (C=O) groups is 2. The summed E-state index contributed by atoms with van der Waals surface area (Å²) in [6.07, 6.45) is 1.53. The molecule has 0 saturated heterocycles. The van der Waals surface area contributed by atoms with Crippen LogP contribution in [0.25, 0.3) is 0 Å². The Kier molecular flexibility index (Phi) is 8.87. The standard InChI is InChI=1S/C17H22N4O6S3/c1-26-13-8-6-12(7-9-13)21(30(3,24)25)10-4-5-14(22)18-16-19-20-17(29-16)28-11-15(23)27-2/h6-9H,4-5,10-11H2,1-3H3,(H,18,19,22). The number of aromatic nitrogens is 2. The van der Waals surface area contributed by atoms with E-state index in [1.807, 2.05) is 0 Å². The highest BCUT2D eigenvalue weighted by Gasteiger charge is 2.18. The van der Waals surface area contributed by atoms with E-state index in [1.165, 1.54) is 18.5 Å². The summed E-state index contributed by atoms with van der Waals surface area (Å²) in [5.41, 5.74) is 0.495. The van der Waals surface area contributed by atoms with Gasteiger partial charge in [0.25, 0.3) is 0 Å². The second-order valence-electron chi connectivity index (χ2n) is 5.92. The fraction of sp³-hybridized carbons (Fsp3) is 0.412. The quantitative estimate of drug-likeness (QED) is 0.295. The maximum atomic E-state index is 12.1. The molecule has 30 heavy (non-hydrogen) atoms. The number of rotatable bonds is 11. The maximum absolute atomic E-state index is 12.1. The van der Waals surface area contributed by atoms with Gasteiger partial charge in [-0.3, -0.25) is 13.9 Å². The topological polar surface area (TPSA) is 128 Å². The fourth-order valence-electron chi connectivity index (χ4n) is 2.30. The van der Waals surface area contributed by atoms with E-state index in [0.717, 1.165) is 29.4 Å². The third-order valence-electron chi connectivity index (χ3n) is 3.72. The molecular weight excluding hydrogens is 452 g/mol. The summed E-state index contributed by atoms with van der Waals surface area (Å²) in [4.78, 5) is 23.3. The van der Waals surface area contributed by atoms with Crippen LogP contribution in [-0.2, 0) is 24.3 Å². The minimum absolute atomic E-state index is 0.103. The van der Waals surface area contributed by atoms with Crippen molar-refractivity contribution in [1.29, 1.82) is 0 Å². The molecule has 1 aromatic carbocycles. The molecule has 0 aliphatic rings. The largest absolute Gasteiger partial charge is 0.497 e. The highest BCUT2D eigenvalue weighted by Crippen LogP contribution is 2.26. The second kappa shape index (κ2) is 11.1. The first kappa shape index (κ1) is 23.9. The number of nitrogens with one attached hydrogen (secondary N) is 1. The van der Waals surface area contributed by atoms with Crippen LogP contribution in [0.2, 0.25) is 0 Å². The molecule has 0 unspecified atom stereocenters. The minimum Gasteiger partial charge on any atom is -0.497 e. The molecule has 0 bridgehead atoms. The van der Waals surface area contributed by atoms with Gasteiger partial charge >= 0.3 is 5.97 Å². The lowest BCUT2D eigenvalue weighted by Gasteiger charge is -2.22. The van der Waals surface area contributed by atoms with Crippen LogP contribution in [-0.4, -0.2) is 63.3 Å². The summed E-state index contributed by atoms with van der Waals surface area (Å²) in [6.45, 7) is 0.148. The summed E-state index contributed by atoms with van der Waals surface area (Å²) in [6, 6.07) is 6.64. The van der Waals surface area contributed by atoms with Crippen LogP contribution in [0, 0.1) is 0 Å². The van der Waals surface area contributed by atoms with Crippen molar-refractivity contribution < 1.29 is 27.5 Å². The number of esters is 1. The number of ether oxygens (including phenoxy) is 2. The van der Waals surface area contributed by atoms with Gasteiger partial charge in [-0.2, -0.15) is 0 Å². The van der Waals surface area contributed by atoms with Crippen LogP contribution in [0.15, 0.2) is 28.6 Å². The van der Waals surface area contributed by atoms with Crippen molar-refractivity contribution >= 4 is 55.8 Å². The van der Waals surface area contributed by atoms with Gasteiger partial charge in [0.15, 0.2) is 4.34 Å². The van der Waals surface area contributed by atoms with Crippen LogP contribution >= 0.6 is 23.1 Å². The van der Waals surface area contributed by atoms with Crippen molar-refractivity contribution in [2.24, 2.45) is 0 Å². The van der Waals surface area contributed by atoms with Gasteiger partial charge in [0.05, 0.1) is 31.9 Å². The number of methoxy groups -OCH3 is 2. The summed E-state index contributed by atoms with van der Waals surface area (Å²) in [5.74, 6) is 0.0332. The molecule has 0 aliphatic carbocycles. The Labute approximate surface area is 183 Å². The van der Waals surface area contributed by atoms with Gasteiger partial charge in [0.2, 0.25) is 21.1 Å². The highest BCUT2D eigenvalue weighted by molar-refractivity contribution is 8.01. The van der Waals surface area contributed by atoms with E-state index < -0.39 is 10.0 Å². The van der Waals surface area contributed by atoms with Gasteiger partial charge in [0, 0.05) is 13.0 Å². The van der Waals surface area contributed by atoms with Crippen molar-refractivity contribution in [3.05, 3.63) is 24.3 Å². The molecule has 1 heterocycles. The molecule has 13 heteroatoms. The molecule has 0 fully saturated rings. The van der Waals surface area contributed by atoms with Gasteiger partial charge in [-0.25, -0.2) is 8.42 Å².